The number of nitrogens with zero attached hydrogens (tertiary/aromatic N) is 5. The Labute approximate surface area is 168 Å². The van der Waals surface area contributed by atoms with Crippen molar-refractivity contribution in [1.82, 2.24) is 19.8 Å². The number of hydrogen-bond acceptors (Lipinski definition) is 6. The summed E-state index contributed by atoms with van der Waals surface area (Å²) in [5.74, 6) is 0.0281. The minimum atomic E-state index is -0.493. The highest BCUT2D eigenvalue weighted by molar-refractivity contribution is 6.04. The number of hydrogen-bond donors (Lipinski definition) is 0. The highest BCUT2D eigenvalue weighted by Gasteiger charge is 2.28. The third kappa shape index (κ3) is 4.39. The van der Waals surface area contributed by atoms with E-state index in [9.17, 15) is 9.18 Å². The van der Waals surface area contributed by atoms with Crippen molar-refractivity contribution in [3.8, 4) is 17.1 Å². The highest BCUT2D eigenvalue weighted by atomic mass is 19.1. The summed E-state index contributed by atoms with van der Waals surface area (Å²) in [4.78, 5) is 16.5. The van der Waals surface area contributed by atoms with Gasteiger partial charge in [-0.2, -0.15) is 5.10 Å². The van der Waals surface area contributed by atoms with Crippen molar-refractivity contribution in [2.24, 2.45) is 0 Å². The molecule has 0 aliphatic heterocycles. The van der Waals surface area contributed by atoms with Crippen molar-refractivity contribution in [2.75, 3.05) is 39.7 Å². The monoisotopic (exact) mass is 401 g/mol. The fraction of sp³-hybridized carbons (Fsp3) is 0.350. The molecule has 29 heavy (non-hydrogen) atoms. The van der Waals surface area contributed by atoms with E-state index in [1.165, 1.54) is 25.3 Å². The molecule has 2 aromatic heterocycles. The molecule has 0 saturated carbocycles. The maximum absolute atomic E-state index is 13.8. The summed E-state index contributed by atoms with van der Waals surface area (Å²) in [6.07, 6.45) is 4.34. The van der Waals surface area contributed by atoms with Gasteiger partial charge >= 0.3 is 0 Å². The SMILES string of the molecule is COc1cc(-c2onc(N(C)C)c2C(=O)N(C)CCCn2cccn2)ccc1F. The number of carbonyl (C=O) groups excluding carboxylic acids is 1. The lowest BCUT2D eigenvalue weighted by Crippen LogP contribution is -2.30. The van der Waals surface area contributed by atoms with Gasteiger partial charge in [-0.15, -0.1) is 0 Å². The zero-order valence-electron chi connectivity index (χ0n) is 16.9. The van der Waals surface area contributed by atoms with Gasteiger partial charge in [0.15, 0.2) is 23.1 Å². The summed E-state index contributed by atoms with van der Waals surface area (Å²) in [7, 11) is 6.67. The Kier molecular flexibility index (Phi) is 6.16. The van der Waals surface area contributed by atoms with Gasteiger partial charge in [-0.3, -0.25) is 9.48 Å². The zero-order chi connectivity index (χ0) is 21.0. The first-order valence-electron chi connectivity index (χ1n) is 9.16. The lowest BCUT2D eigenvalue weighted by atomic mass is 10.1. The number of ether oxygens (including phenoxy) is 1. The van der Waals surface area contributed by atoms with E-state index < -0.39 is 5.82 Å². The molecule has 0 atom stereocenters. The molecule has 154 valence electrons. The largest absolute Gasteiger partial charge is 0.494 e. The standard InChI is InChI=1S/C20H24FN5O3/c1-24(2)19-17(20(27)25(3)10-6-12-26-11-5-9-22-26)18(29-23-19)14-7-8-15(21)16(13-14)28-4/h5,7-9,11,13H,6,10,12H2,1-4H3. The van der Waals surface area contributed by atoms with Gasteiger partial charge in [0, 0.05) is 52.2 Å². The number of halogens is 1. The maximum Gasteiger partial charge on any atom is 0.261 e. The van der Waals surface area contributed by atoms with Crippen LogP contribution in [0.2, 0.25) is 0 Å². The molecule has 2 heterocycles. The van der Waals surface area contributed by atoms with Crippen LogP contribution in [0.5, 0.6) is 5.75 Å². The molecular formula is C20H24FN5O3. The number of methoxy groups -OCH3 is 1. The molecule has 0 aliphatic rings. The van der Waals surface area contributed by atoms with E-state index in [4.69, 9.17) is 9.26 Å². The Morgan fingerprint density at radius 3 is 2.76 bits per heavy atom. The topological polar surface area (TPSA) is 76.6 Å². The van der Waals surface area contributed by atoms with Crippen molar-refractivity contribution in [3.05, 3.63) is 48.0 Å². The van der Waals surface area contributed by atoms with Crippen LogP contribution in [-0.4, -0.2) is 60.5 Å². The van der Waals surface area contributed by atoms with Crippen LogP contribution < -0.4 is 9.64 Å². The predicted octanol–water partition coefficient (Wildman–Crippen LogP) is 2.91. The molecule has 0 unspecified atom stereocenters. The van der Waals surface area contributed by atoms with Gasteiger partial charge < -0.3 is 19.1 Å². The molecule has 3 rings (SSSR count). The van der Waals surface area contributed by atoms with E-state index in [-0.39, 0.29) is 17.4 Å². The number of aromatic nitrogens is 3. The highest BCUT2D eigenvalue weighted by Crippen LogP contribution is 2.34. The summed E-state index contributed by atoms with van der Waals surface area (Å²) in [5, 5.41) is 8.21. The number of rotatable bonds is 8. The van der Waals surface area contributed by atoms with Crippen molar-refractivity contribution < 1.29 is 18.4 Å². The summed E-state index contributed by atoms with van der Waals surface area (Å²) < 4.78 is 26.2. The van der Waals surface area contributed by atoms with Gasteiger partial charge in [0.25, 0.3) is 5.91 Å². The van der Waals surface area contributed by atoms with Gasteiger partial charge in [0.1, 0.15) is 5.56 Å². The molecule has 1 amide bonds. The molecular weight excluding hydrogens is 377 g/mol. The molecule has 3 aromatic rings. The lowest BCUT2D eigenvalue weighted by Gasteiger charge is -2.19. The molecule has 0 spiro atoms. The van der Waals surface area contributed by atoms with Crippen LogP contribution in [0.4, 0.5) is 10.2 Å². The zero-order valence-corrected chi connectivity index (χ0v) is 16.9. The first kappa shape index (κ1) is 20.4. The van der Waals surface area contributed by atoms with Crippen molar-refractivity contribution in [2.45, 2.75) is 13.0 Å². The Hall–Kier alpha value is -3.36. The quantitative estimate of drug-likeness (QED) is 0.578. The van der Waals surface area contributed by atoms with Crippen molar-refractivity contribution in [1.29, 1.82) is 0 Å². The van der Waals surface area contributed by atoms with Crippen LogP contribution in [0.3, 0.4) is 0 Å². The number of anilines is 1. The van der Waals surface area contributed by atoms with E-state index in [2.05, 4.69) is 10.3 Å². The van der Waals surface area contributed by atoms with Crippen molar-refractivity contribution in [3.63, 3.8) is 0 Å². The molecule has 1 aromatic carbocycles. The average Bonchev–Trinajstić information content (AvgIpc) is 3.37. The first-order valence-corrected chi connectivity index (χ1v) is 9.16. The Balaban J connectivity index is 1.86. The fourth-order valence-corrected chi connectivity index (χ4v) is 2.97. The molecule has 8 nitrogen and oxygen atoms in total. The second-order valence-electron chi connectivity index (χ2n) is 6.80. The molecule has 9 heteroatoms. The van der Waals surface area contributed by atoms with Gasteiger partial charge in [-0.25, -0.2) is 4.39 Å². The van der Waals surface area contributed by atoms with Gasteiger partial charge in [0.05, 0.1) is 7.11 Å². The Morgan fingerprint density at radius 2 is 2.10 bits per heavy atom. The van der Waals surface area contributed by atoms with Gasteiger partial charge in [0.2, 0.25) is 0 Å². The third-order valence-corrected chi connectivity index (χ3v) is 4.51. The molecule has 0 saturated heterocycles. The predicted molar refractivity (Wildman–Crippen MR) is 107 cm³/mol. The van der Waals surface area contributed by atoms with Crippen LogP contribution in [0.1, 0.15) is 16.8 Å². The maximum atomic E-state index is 13.8. The Morgan fingerprint density at radius 1 is 1.31 bits per heavy atom. The molecule has 0 bridgehead atoms. The normalized spacial score (nSPS) is 10.8. The van der Waals surface area contributed by atoms with E-state index in [1.54, 1.807) is 37.1 Å². The van der Waals surface area contributed by atoms with Gasteiger partial charge in [-0.1, -0.05) is 5.16 Å². The second-order valence-corrected chi connectivity index (χ2v) is 6.80. The fourth-order valence-electron chi connectivity index (χ4n) is 2.97. The number of aryl methyl sites for hydroxylation is 1. The smallest absolute Gasteiger partial charge is 0.261 e. The van der Waals surface area contributed by atoms with E-state index in [1.807, 2.05) is 16.9 Å². The molecule has 0 aliphatic carbocycles. The molecule has 0 radical (unpaired) electrons. The van der Waals surface area contributed by atoms with E-state index in [0.717, 1.165) is 6.42 Å². The van der Waals surface area contributed by atoms with Crippen LogP contribution in [0.25, 0.3) is 11.3 Å². The number of amides is 1. The summed E-state index contributed by atoms with van der Waals surface area (Å²) in [5.41, 5.74) is 0.836. The summed E-state index contributed by atoms with van der Waals surface area (Å²) in [6.45, 7) is 1.24. The lowest BCUT2D eigenvalue weighted by molar-refractivity contribution is 0.0792. The van der Waals surface area contributed by atoms with Crippen LogP contribution >= 0.6 is 0 Å². The summed E-state index contributed by atoms with van der Waals surface area (Å²) >= 11 is 0. The second kappa shape index (κ2) is 8.76. The van der Waals surface area contributed by atoms with Crippen LogP contribution in [0.15, 0.2) is 41.2 Å². The number of benzene rings is 1. The van der Waals surface area contributed by atoms with Gasteiger partial charge in [-0.05, 0) is 30.7 Å². The Bertz CT molecular complexity index is 969. The van der Waals surface area contributed by atoms with E-state index in [0.29, 0.717) is 30.0 Å². The first-order chi connectivity index (χ1) is 13.9. The minimum absolute atomic E-state index is 0.0660. The molecule has 0 fully saturated rings. The van der Waals surface area contributed by atoms with Crippen LogP contribution in [0, 0.1) is 5.82 Å². The van der Waals surface area contributed by atoms with E-state index >= 15 is 0 Å². The van der Waals surface area contributed by atoms with Crippen LogP contribution in [-0.2, 0) is 6.54 Å². The molecule has 0 N–H and O–H groups in total. The summed E-state index contributed by atoms with van der Waals surface area (Å²) in [6, 6.07) is 6.16. The number of carbonyl (C=O) groups is 1. The van der Waals surface area contributed by atoms with Crippen molar-refractivity contribution >= 4 is 11.7 Å². The average molecular weight is 401 g/mol. The third-order valence-electron chi connectivity index (χ3n) is 4.51. The minimum Gasteiger partial charge on any atom is -0.494 e.